The Hall–Kier alpha value is -1.67. The number of aliphatic hydroxyl groups excluding tert-OH is 2. The van der Waals surface area contributed by atoms with E-state index in [1.807, 2.05) is 0 Å². The zero-order valence-corrected chi connectivity index (χ0v) is 25.5. The second-order valence-electron chi connectivity index (χ2n) is 13.9. The van der Waals surface area contributed by atoms with E-state index < -0.39 is 82.4 Å². The van der Waals surface area contributed by atoms with Gasteiger partial charge in [-0.15, -0.1) is 0 Å². The third-order valence-electron chi connectivity index (χ3n) is 12.9. The predicted octanol–water partition coefficient (Wildman–Crippen LogP) is 0.0773. The summed E-state index contributed by atoms with van der Waals surface area (Å²) in [6.07, 6.45) is -5.27. The normalized spacial score (nSPS) is 52.7. The summed E-state index contributed by atoms with van der Waals surface area (Å²) in [6, 6.07) is 8.25. The Morgan fingerprint density at radius 3 is 2.33 bits per heavy atom. The molecule has 6 fully saturated rings. The third-order valence-corrected chi connectivity index (χ3v) is 12.9. The number of hydrogen-bond donors (Lipinski definition) is 4. The monoisotopic (exact) mass is 603 g/mol. The topological polar surface area (TPSA) is 147 Å². The van der Waals surface area contributed by atoms with Crippen molar-refractivity contribution in [2.45, 2.75) is 73.6 Å². The molecule has 43 heavy (non-hydrogen) atoms. The summed E-state index contributed by atoms with van der Waals surface area (Å²) in [7, 11) is 6.29. The van der Waals surface area contributed by atoms with E-state index in [4.69, 9.17) is 23.7 Å². The molecule has 7 rings (SSSR count). The molecule has 11 heteroatoms. The van der Waals surface area contributed by atoms with Crippen molar-refractivity contribution in [2.24, 2.45) is 34.5 Å². The van der Waals surface area contributed by atoms with Crippen LogP contribution in [0, 0.1) is 34.5 Å². The van der Waals surface area contributed by atoms with Crippen LogP contribution in [-0.4, -0.2) is 133 Å². The van der Waals surface area contributed by atoms with Gasteiger partial charge in [0.1, 0.15) is 29.5 Å². The van der Waals surface area contributed by atoms with Crippen molar-refractivity contribution in [1.82, 2.24) is 4.90 Å². The van der Waals surface area contributed by atoms with Crippen LogP contribution in [0.4, 0.5) is 0 Å². The highest BCUT2D eigenvalue weighted by Crippen LogP contribution is 2.80. The molecule has 4 N–H and O–H groups in total. The molecule has 1 aliphatic heterocycles. The van der Waals surface area contributed by atoms with Crippen LogP contribution >= 0.6 is 0 Å². The Labute approximate surface area is 252 Å². The molecule has 0 aromatic heterocycles. The number of nitrogens with zero attached hydrogens (tertiary/aromatic N) is 1. The maximum Gasteiger partial charge on any atom is 0.338 e. The molecule has 0 amide bonds. The van der Waals surface area contributed by atoms with Crippen LogP contribution in [0.3, 0.4) is 0 Å². The number of hydrogen-bond acceptors (Lipinski definition) is 11. The molecular weight excluding hydrogens is 558 g/mol. The minimum atomic E-state index is -1.86. The van der Waals surface area contributed by atoms with E-state index in [0.717, 1.165) is 0 Å². The van der Waals surface area contributed by atoms with Crippen molar-refractivity contribution in [1.29, 1.82) is 0 Å². The quantitative estimate of drug-likeness (QED) is 0.300. The molecule has 5 saturated carbocycles. The summed E-state index contributed by atoms with van der Waals surface area (Å²) in [5, 5.41) is 49.7. The van der Waals surface area contributed by atoms with Gasteiger partial charge in [0.25, 0.3) is 0 Å². The van der Waals surface area contributed by atoms with Crippen molar-refractivity contribution in [3.05, 3.63) is 35.9 Å². The summed E-state index contributed by atoms with van der Waals surface area (Å²) >= 11 is 0. The van der Waals surface area contributed by atoms with Crippen LogP contribution in [0.15, 0.2) is 30.3 Å². The highest BCUT2D eigenvalue weighted by atomic mass is 16.6. The third kappa shape index (κ3) is 3.28. The Morgan fingerprint density at radius 1 is 1.00 bits per heavy atom. The fraction of sp³-hybridized carbons (Fsp3) is 0.781. The van der Waals surface area contributed by atoms with Gasteiger partial charge in [0.05, 0.1) is 30.5 Å². The maximum absolute atomic E-state index is 13.6. The first kappa shape index (κ1) is 30.0. The highest BCUT2D eigenvalue weighted by molar-refractivity contribution is 5.89. The van der Waals surface area contributed by atoms with Gasteiger partial charge in [-0.2, -0.15) is 0 Å². The number of likely N-dealkylation sites (tertiary alicyclic amines) is 1. The van der Waals surface area contributed by atoms with Gasteiger partial charge in [0.15, 0.2) is 0 Å². The zero-order chi connectivity index (χ0) is 30.7. The van der Waals surface area contributed by atoms with Gasteiger partial charge < -0.3 is 44.1 Å². The van der Waals surface area contributed by atoms with Gasteiger partial charge in [0, 0.05) is 76.0 Å². The summed E-state index contributed by atoms with van der Waals surface area (Å²) < 4.78 is 30.5. The van der Waals surface area contributed by atoms with Gasteiger partial charge in [-0.1, -0.05) is 25.1 Å². The Bertz CT molecular complexity index is 1250. The van der Waals surface area contributed by atoms with E-state index in [1.54, 1.807) is 51.7 Å². The molecule has 15 atom stereocenters. The number of carbonyl (C=O) groups excluding carboxylic acids is 1. The van der Waals surface area contributed by atoms with Crippen LogP contribution in [0.2, 0.25) is 0 Å². The number of aliphatic hydroxyl groups is 4. The van der Waals surface area contributed by atoms with Crippen LogP contribution in [0.1, 0.15) is 30.1 Å². The van der Waals surface area contributed by atoms with E-state index in [1.165, 1.54) is 7.11 Å². The average Bonchev–Trinajstić information content (AvgIpc) is 3.39. The summed E-state index contributed by atoms with van der Waals surface area (Å²) in [6.45, 7) is 3.46. The smallest absolute Gasteiger partial charge is 0.338 e. The van der Waals surface area contributed by atoms with E-state index >= 15 is 0 Å². The van der Waals surface area contributed by atoms with Gasteiger partial charge >= 0.3 is 5.97 Å². The molecule has 6 aliphatic rings. The highest BCUT2D eigenvalue weighted by Gasteiger charge is 2.91. The van der Waals surface area contributed by atoms with E-state index in [0.29, 0.717) is 25.1 Å². The number of piperidine rings is 1. The summed E-state index contributed by atoms with van der Waals surface area (Å²) in [5.41, 5.74) is -4.81. The molecule has 5 aliphatic carbocycles. The minimum Gasteiger partial charge on any atom is -0.455 e. The lowest BCUT2D eigenvalue weighted by atomic mass is 9.42. The number of esters is 1. The SMILES string of the molecule is CCN1C[C@@]2(COC)C3C(OC)[C@@H]4[C@H]1[C@@]3(C1C[C@@]3(O)C(OC(=O)c5ccccc5)C1[C@]4(O)[C@@H](O)[C@@H]3OC)[C@H](OC)C[C@H]2O. The fourth-order valence-corrected chi connectivity index (χ4v) is 11.9. The molecule has 7 bridgehead atoms. The number of methoxy groups -OCH3 is 4. The number of ether oxygens (including phenoxy) is 5. The molecule has 0 radical (unpaired) electrons. The molecule has 1 aromatic carbocycles. The van der Waals surface area contributed by atoms with Gasteiger partial charge in [-0.05, 0) is 31.0 Å². The van der Waals surface area contributed by atoms with Gasteiger partial charge in [-0.3, -0.25) is 4.90 Å². The Morgan fingerprint density at radius 2 is 1.72 bits per heavy atom. The van der Waals surface area contributed by atoms with Crippen molar-refractivity contribution >= 4 is 5.97 Å². The van der Waals surface area contributed by atoms with Crippen LogP contribution < -0.4 is 0 Å². The first-order valence-corrected chi connectivity index (χ1v) is 15.5. The molecule has 238 valence electrons. The lowest BCUT2D eigenvalue weighted by molar-refractivity contribution is -0.320. The number of benzene rings is 1. The van der Waals surface area contributed by atoms with Gasteiger partial charge in [-0.25, -0.2) is 4.79 Å². The predicted molar refractivity (Wildman–Crippen MR) is 151 cm³/mol. The van der Waals surface area contributed by atoms with Crippen molar-refractivity contribution in [2.75, 3.05) is 48.1 Å². The molecular formula is C32H45NO10. The van der Waals surface area contributed by atoms with E-state index in [-0.39, 0.29) is 25.0 Å². The second-order valence-corrected chi connectivity index (χ2v) is 13.9. The lowest BCUT2D eigenvalue weighted by Gasteiger charge is -2.70. The molecule has 11 nitrogen and oxygen atoms in total. The number of fused-ring (bicyclic) bond motifs is 2. The number of carbonyl (C=O) groups is 1. The molecule has 1 aromatic rings. The molecule has 1 spiro atoms. The molecule has 1 heterocycles. The first-order valence-electron chi connectivity index (χ1n) is 15.5. The lowest BCUT2D eigenvalue weighted by Crippen LogP contribution is -2.81. The maximum atomic E-state index is 13.6. The van der Waals surface area contributed by atoms with Crippen LogP contribution in [0.25, 0.3) is 0 Å². The summed E-state index contributed by atoms with van der Waals surface area (Å²) in [5.74, 6) is -2.94. The Kier molecular flexibility index (Phi) is 6.92. The van der Waals surface area contributed by atoms with Crippen LogP contribution in [-0.2, 0) is 23.7 Å². The molecule has 5 unspecified atom stereocenters. The van der Waals surface area contributed by atoms with E-state index in [9.17, 15) is 25.2 Å². The fourth-order valence-electron chi connectivity index (χ4n) is 11.9. The van der Waals surface area contributed by atoms with Gasteiger partial charge in [0.2, 0.25) is 0 Å². The minimum absolute atomic E-state index is 0.106. The number of rotatable bonds is 8. The zero-order valence-electron chi connectivity index (χ0n) is 25.5. The average molecular weight is 604 g/mol. The second kappa shape index (κ2) is 9.91. The Balaban J connectivity index is 1.48. The van der Waals surface area contributed by atoms with Crippen molar-refractivity contribution in [3.8, 4) is 0 Å². The van der Waals surface area contributed by atoms with E-state index in [2.05, 4.69) is 11.8 Å². The van der Waals surface area contributed by atoms with Crippen molar-refractivity contribution in [3.63, 3.8) is 0 Å². The molecule has 1 saturated heterocycles. The summed E-state index contributed by atoms with van der Waals surface area (Å²) in [4.78, 5) is 15.8. The standard InChI is InChI=1S/C32H45NO10/c1-6-33-14-29(15-39-2)18(34)12-19(40-3)31-17-13-30(37)26(43-28(36)16-10-8-7-9-11-16)20(17)32(38,25(35)27(30)42-5)21(24(31)33)22(41-4)23(29)31/h7-11,17-27,34-35,37-38H,6,12-15H2,1-5H3/t17?,18-,19-,20?,21-,22?,23?,24+,25+,26?,27+,29+,30-,31+,32-/m1/s1. The van der Waals surface area contributed by atoms with Crippen molar-refractivity contribution < 1.29 is 48.9 Å². The first-order chi connectivity index (χ1) is 20.6. The largest absolute Gasteiger partial charge is 0.455 e. The van der Waals surface area contributed by atoms with Crippen LogP contribution in [0.5, 0.6) is 0 Å².